The van der Waals surface area contributed by atoms with Gasteiger partial charge in [0, 0.05) is 0 Å². The molecule has 41 heavy (non-hydrogen) atoms. The lowest BCUT2D eigenvalue weighted by molar-refractivity contribution is -0.139. The number of aryl methyl sites for hydroxylation is 1. The van der Waals surface area contributed by atoms with Crippen molar-refractivity contribution in [2.45, 2.75) is 37.7 Å². The van der Waals surface area contributed by atoms with Crippen LogP contribution in [0.15, 0.2) is 82.8 Å². The third kappa shape index (κ3) is 3.58. The first-order valence-electron chi connectivity index (χ1n) is 13.9. The van der Waals surface area contributed by atoms with Crippen LogP contribution >= 0.6 is 0 Å². The maximum absolute atomic E-state index is 14.8. The summed E-state index contributed by atoms with van der Waals surface area (Å²) in [6.07, 6.45) is 2.54. The molecule has 4 aliphatic rings. The van der Waals surface area contributed by atoms with Gasteiger partial charge in [0.05, 0.1) is 29.4 Å². The van der Waals surface area contributed by atoms with E-state index in [0.29, 0.717) is 29.2 Å². The molecule has 0 spiro atoms. The van der Waals surface area contributed by atoms with Gasteiger partial charge in [0.15, 0.2) is 0 Å². The number of rotatable bonds is 5. The maximum Gasteiger partial charge on any atom is 0.260 e. The molecule has 6 atom stereocenters. The lowest BCUT2D eigenvalue weighted by atomic mass is 9.50. The predicted molar refractivity (Wildman–Crippen MR) is 147 cm³/mol. The molecule has 2 aliphatic heterocycles. The van der Waals surface area contributed by atoms with E-state index in [1.807, 2.05) is 67.6 Å². The van der Waals surface area contributed by atoms with E-state index in [9.17, 15) is 24.3 Å². The number of benzene rings is 2. The molecule has 0 radical (unpaired) electrons. The fraction of sp³-hybridized carbons (Fsp3) is 0.312. The molecule has 3 N–H and O–H groups in total. The number of hydrogen-bond donors (Lipinski definition) is 3. The summed E-state index contributed by atoms with van der Waals surface area (Å²) < 4.78 is 6.12. The summed E-state index contributed by atoms with van der Waals surface area (Å²) in [4.78, 5) is 54.9. The maximum atomic E-state index is 14.8. The molecule has 7 rings (SSSR count). The van der Waals surface area contributed by atoms with Crippen LogP contribution in [0, 0.1) is 30.6 Å². The number of anilines is 1. The average Bonchev–Trinajstić information content (AvgIpc) is 3.64. The van der Waals surface area contributed by atoms with Gasteiger partial charge in [-0.1, -0.05) is 59.7 Å². The van der Waals surface area contributed by atoms with Crippen LogP contribution in [0.25, 0.3) is 0 Å². The highest BCUT2D eigenvalue weighted by Crippen LogP contribution is 2.63. The van der Waals surface area contributed by atoms with Gasteiger partial charge in [-0.2, -0.15) is 5.01 Å². The second kappa shape index (κ2) is 9.27. The van der Waals surface area contributed by atoms with Crippen LogP contribution in [0.5, 0.6) is 0 Å². The molecule has 3 fully saturated rings. The first kappa shape index (κ1) is 25.5. The van der Waals surface area contributed by atoms with Crippen molar-refractivity contribution in [3.63, 3.8) is 0 Å². The minimum Gasteiger partial charge on any atom is -0.463 e. The number of carbonyl (C=O) groups is 4. The largest absolute Gasteiger partial charge is 0.463 e. The number of allylic oxidation sites excluding steroid dienone is 2. The van der Waals surface area contributed by atoms with E-state index in [1.54, 1.807) is 12.1 Å². The summed E-state index contributed by atoms with van der Waals surface area (Å²) in [7, 11) is 0. The van der Waals surface area contributed by atoms with Crippen LogP contribution < -0.4 is 10.7 Å². The SMILES string of the molecule is Cc1ccc(NN2C(=O)[C@@H]3C[C@@H]4C(=CC[C@@H]5C(=O)NC(=O)[C@@H]54)[C@H](c4ccc(CO)o4)[C@]3(c3ccccc3)C2=O)cc1. The van der Waals surface area contributed by atoms with E-state index in [1.165, 1.54) is 0 Å². The van der Waals surface area contributed by atoms with Crippen molar-refractivity contribution in [3.8, 4) is 0 Å². The second-order valence-corrected chi connectivity index (χ2v) is 11.4. The Kier molecular flexibility index (Phi) is 5.76. The Hall–Kier alpha value is -4.50. The van der Waals surface area contributed by atoms with Gasteiger partial charge in [0.1, 0.15) is 23.5 Å². The number of hydrazine groups is 1. The Labute approximate surface area is 236 Å². The summed E-state index contributed by atoms with van der Waals surface area (Å²) in [5.41, 5.74) is 4.79. The van der Waals surface area contributed by atoms with E-state index in [4.69, 9.17) is 4.42 Å². The number of hydrogen-bond acceptors (Lipinski definition) is 7. The third-order valence-corrected chi connectivity index (χ3v) is 9.36. The van der Waals surface area contributed by atoms with Gasteiger partial charge in [0.25, 0.3) is 11.8 Å². The first-order valence-corrected chi connectivity index (χ1v) is 13.9. The van der Waals surface area contributed by atoms with E-state index >= 15 is 0 Å². The molecule has 1 saturated carbocycles. The third-order valence-electron chi connectivity index (χ3n) is 9.36. The van der Waals surface area contributed by atoms with Gasteiger partial charge in [-0.05, 0) is 55.5 Å². The molecule has 208 valence electrons. The van der Waals surface area contributed by atoms with Crippen molar-refractivity contribution in [1.82, 2.24) is 10.3 Å². The van der Waals surface area contributed by atoms with Crippen molar-refractivity contribution < 1.29 is 28.7 Å². The summed E-state index contributed by atoms with van der Waals surface area (Å²) in [6.45, 7) is 1.63. The van der Waals surface area contributed by atoms with Gasteiger partial charge in [-0.3, -0.25) is 29.9 Å². The van der Waals surface area contributed by atoms with E-state index < -0.39 is 46.8 Å². The van der Waals surface area contributed by atoms with E-state index in [-0.39, 0.29) is 24.8 Å². The Morgan fingerprint density at radius 1 is 0.976 bits per heavy atom. The van der Waals surface area contributed by atoms with Crippen molar-refractivity contribution in [3.05, 3.63) is 101 Å². The number of amides is 4. The highest BCUT2D eigenvalue weighted by molar-refractivity contribution is 6.13. The molecule has 9 nitrogen and oxygen atoms in total. The standard InChI is InChI=1S/C32H29N3O6/c1-17-7-9-19(10-8-17)34-35-30(39)24-15-23-21(12-13-22-26(23)29(38)33-28(22)37)27(25-14-11-20(16-36)41-25)32(24,31(35)40)18-5-3-2-4-6-18/h2-12,14,22-24,26-27,34,36H,13,15-16H2,1H3,(H,33,37,38)/t22-,23+,24-,26-,27+,32+/m0/s1. The van der Waals surface area contributed by atoms with Crippen molar-refractivity contribution in [2.75, 3.05) is 5.43 Å². The second-order valence-electron chi connectivity index (χ2n) is 11.4. The van der Waals surface area contributed by atoms with Gasteiger partial charge in [0.2, 0.25) is 11.8 Å². The molecule has 0 bridgehead atoms. The minimum absolute atomic E-state index is 0.226. The molecular formula is C32H29N3O6. The first-order chi connectivity index (χ1) is 19.8. The summed E-state index contributed by atoms with van der Waals surface area (Å²) >= 11 is 0. The smallest absolute Gasteiger partial charge is 0.260 e. The van der Waals surface area contributed by atoms with E-state index in [2.05, 4.69) is 10.7 Å². The van der Waals surface area contributed by atoms with Gasteiger partial charge < -0.3 is 9.52 Å². The van der Waals surface area contributed by atoms with Crippen LogP contribution in [-0.4, -0.2) is 33.7 Å². The predicted octanol–water partition coefficient (Wildman–Crippen LogP) is 3.35. The summed E-state index contributed by atoms with van der Waals surface area (Å²) in [5.74, 6) is -3.86. The molecule has 2 saturated heterocycles. The van der Waals surface area contributed by atoms with Gasteiger partial charge in [-0.25, -0.2) is 0 Å². The van der Waals surface area contributed by atoms with E-state index in [0.717, 1.165) is 16.1 Å². The highest BCUT2D eigenvalue weighted by atomic mass is 16.4. The average molecular weight is 552 g/mol. The lowest BCUT2D eigenvalue weighted by Gasteiger charge is -2.49. The van der Waals surface area contributed by atoms with Crippen molar-refractivity contribution in [2.24, 2.45) is 23.7 Å². The molecule has 2 aromatic carbocycles. The van der Waals surface area contributed by atoms with Gasteiger partial charge in [-0.15, -0.1) is 0 Å². The summed E-state index contributed by atoms with van der Waals surface area (Å²) in [6, 6.07) is 20.1. The molecular weight excluding hydrogens is 522 g/mol. The Balaban J connectivity index is 1.45. The molecule has 0 unspecified atom stereocenters. The number of fused-ring (bicyclic) bond motifs is 4. The fourth-order valence-electron chi connectivity index (χ4n) is 7.60. The van der Waals surface area contributed by atoms with Crippen LogP contribution in [-0.2, 0) is 31.2 Å². The zero-order valence-electron chi connectivity index (χ0n) is 22.4. The number of nitrogens with one attached hydrogen (secondary N) is 2. The fourth-order valence-corrected chi connectivity index (χ4v) is 7.60. The quantitative estimate of drug-likeness (QED) is 0.328. The Morgan fingerprint density at radius 2 is 1.73 bits per heavy atom. The zero-order valence-corrected chi connectivity index (χ0v) is 22.4. The zero-order chi connectivity index (χ0) is 28.5. The number of nitrogens with zero attached hydrogens (tertiary/aromatic N) is 1. The lowest BCUT2D eigenvalue weighted by Crippen LogP contribution is -2.53. The van der Waals surface area contributed by atoms with Crippen molar-refractivity contribution in [1.29, 1.82) is 0 Å². The van der Waals surface area contributed by atoms with Crippen LogP contribution in [0.4, 0.5) is 5.69 Å². The monoisotopic (exact) mass is 551 g/mol. The highest BCUT2D eigenvalue weighted by Gasteiger charge is 2.70. The topological polar surface area (TPSA) is 129 Å². The number of carbonyl (C=O) groups excluding carboxylic acids is 4. The molecule has 4 amide bonds. The van der Waals surface area contributed by atoms with Crippen LogP contribution in [0.2, 0.25) is 0 Å². The molecule has 9 heteroatoms. The summed E-state index contributed by atoms with van der Waals surface area (Å²) in [5, 5.41) is 13.4. The molecule has 3 heterocycles. The normalized spacial score (nSPS) is 30.4. The molecule has 1 aromatic heterocycles. The number of aliphatic hydroxyl groups is 1. The van der Waals surface area contributed by atoms with Gasteiger partial charge >= 0.3 is 0 Å². The molecule has 2 aliphatic carbocycles. The van der Waals surface area contributed by atoms with Crippen LogP contribution in [0.1, 0.15) is 41.4 Å². The van der Waals surface area contributed by atoms with Crippen LogP contribution in [0.3, 0.4) is 0 Å². The molecule has 3 aromatic rings. The number of imide groups is 2. The minimum atomic E-state index is -1.38. The van der Waals surface area contributed by atoms with Crippen molar-refractivity contribution >= 4 is 29.3 Å². The Morgan fingerprint density at radius 3 is 2.44 bits per heavy atom. The Bertz CT molecular complexity index is 1610. The number of furan rings is 1. The number of aliphatic hydroxyl groups excluding tert-OH is 1.